The van der Waals surface area contributed by atoms with Gasteiger partial charge in [0.2, 0.25) is 5.91 Å². The monoisotopic (exact) mass is 348 g/mol. The highest BCUT2D eigenvalue weighted by atomic mass is 16.1. The lowest BCUT2D eigenvalue weighted by atomic mass is 10.1. The van der Waals surface area contributed by atoms with Crippen LogP contribution in [-0.4, -0.2) is 28.5 Å². The Kier molecular flexibility index (Phi) is 4.86. The normalized spacial score (nSPS) is 14.5. The minimum Gasteiger partial charge on any atom is -0.370 e. The average molecular weight is 348 g/mol. The fraction of sp³-hybridized carbons (Fsp3) is 0.333. The van der Waals surface area contributed by atoms with Crippen LogP contribution in [-0.2, 0) is 11.3 Å². The molecule has 1 saturated heterocycles. The molecule has 4 rings (SSSR count). The summed E-state index contributed by atoms with van der Waals surface area (Å²) < 4.78 is 2.03. The van der Waals surface area contributed by atoms with Gasteiger partial charge in [-0.3, -0.25) is 4.79 Å². The van der Waals surface area contributed by atoms with E-state index in [4.69, 9.17) is 0 Å². The van der Waals surface area contributed by atoms with Crippen LogP contribution in [0.5, 0.6) is 0 Å². The lowest BCUT2D eigenvalue weighted by Crippen LogP contribution is -2.30. The Hall–Kier alpha value is -2.82. The molecule has 0 unspecified atom stereocenters. The summed E-state index contributed by atoms with van der Waals surface area (Å²) in [5.74, 6) is 0.0345. The maximum Gasteiger partial charge on any atom is 0.226 e. The lowest BCUT2D eigenvalue weighted by molar-refractivity contribution is -0.116. The van der Waals surface area contributed by atoms with Gasteiger partial charge in [-0.1, -0.05) is 24.3 Å². The van der Waals surface area contributed by atoms with Gasteiger partial charge in [0.05, 0.1) is 28.7 Å². The van der Waals surface area contributed by atoms with Crippen LogP contribution in [0.4, 0.5) is 11.4 Å². The fourth-order valence-corrected chi connectivity index (χ4v) is 3.61. The molecule has 3 aromatic rings. The summed E-state index contributed by atoms with van der Waals surface area (Å²) in [7, 11) is 0. The molecule has 1 aliphatic heterocycles. The summed E-state index contributed by atoms with van der Waals surface area (Å²) in [5, 5.41) is 3.10. The van der Waals surface area contributed by atoms with Crippen molar-refractivity contribution in [3.8, 4) is 0 Å². The van der Waals surface area contributed by atoms with Gasteiger partial charge in [0.25, 0.3) is 0 Å². The molecule has 26 heavy (non-hydrogen) atoms. The summed E-state index contributed by atoms with van der Waals surface area (Å²) in [6.45, 7) is 2.75. The van der Waals surface area contributed by atoms with Crippen molar-refractivity contribution in [3.63, 3.8) is 0 Å². The predicted octanol–water partition coefficient (Wildman–Crippen LogP) is 4.06. The van der Waals surface area contributed by atoms with Crippen LogP contribution in [0, 0.1) is 0 Å². The Morgan fingerprint density at radius 1 is 1.00 bits per heavy atom. The molecule has 134 valence electrons. The first kappa shape index (κ1) is 16.6. The number of aromatic nitrogens is 2. The largest absolute Gasteiger partial charge is 0.370 e. The van der Waals surface area contributed by atoms with Gasteiger partial charge in [0.1, 0.15) is 0 Å². The van der Waals surface area contributed by atoms with Crippen molar-refractivity contribution in [1.82, 2.24) is 9.55 Å². The van der Waals surface area contributed by atoms with Crippen LogP contribution < -0.4 is 10.2 Å². The molecule has 1 fully saturated rings. The SMILES string of the molecule is O=C(CCn1cnc2ccccc21)Nc1ccccc1N1CCCCC1. The van der Waals surface area contributed by atoms with E-state index in [1.54, 1.807) is 6.33 Å². The number of nitrogens with one attached hydrogen (secondary N) is 1. The number of hydrogen-bond donors (Lipinski definition) is 1. The zero-order valence-corrected chi connectivity index (χ0v) is 14.9. The number of imidazole rings is 1. The molecule has 0 bridgehead atoms. The first-order valence-corrected chi connectivity index (χ1v) is 9.35. The third kappa shape index (κ3) is 3.57. The van der Waals surface area contributed by atoms with Crippen LogP contribution in [0.2, 0.25) is 0 Å². The molecule has 1 N–H and O–H groups in total. The van der Waals surface area contributed by atoms with Crippen molar-refractivity contribution < 1.29 is 4.79 Å². The van der Waals surface area contributed by atoms with Gasteiger partial charge in [-0.15, -0.1) is 0 Å². The van der Waals surface area contributed by atoms with E-state index in [2.05, 4.69) is 21.3 Å². The Balaban J connectivity index is 1.42. The zero-order valence-electron chi connectivity index (χ0n) is 14.9. The molecule has 0 aliphatic carbocycles. The van der Waals surface area contributed by atoms with Crippen LogP contribution in [0.1, 0.15) is 25.7 Å². The topological polar surface area (TPSA) is 50.2 Å². The molecule has 2 heterocycles. The molecule has 5 heteroatoms. The third-order valence-corrected chi connectivity index (χ3v) is 4.98. The van der Waals surface area contributed by atoms with Gasteiger partial charge in [-0.25, -0.2) is 4.98 Å². The molecular weight excluding hydrogens is 324 g/mol. The highest BCUT2D eigenvalue weighted by molar-refractivity contribution is 5.94. The van der Waals surface area contributed by atoms with E-state index in [0.29, 0.717) is 13.0 Å². The van der Waals surface area contributed by atoms with Crippen molar-refractivity contribution in [3.05, 3.63) is 54.9 Å². The minimum atomic E-state index is 0.0345. The van der Waals surface area contributed by atoms with Crippen molar-refractivity contribution in [2.24, 2.45) is 0 Å². The van der Waals surface area contributed by atoms with E-state index in [-0.39, 0.29) is 5.91 Å². The Labute approximate surface area is 153 Å². The van der Waals surface area contributed by atoms with E-state index in [1.165, 1.54) is 19.3 Å². The number of amides is 1. The molecule has 1 aromatic heterocycles. The zero-order chi connectivity index (χ0) is 17.8. The third-order valence-electron chi connectivity index (χ3n) is 4.98. The van der Waals surface area contributed by atoms with Gasteiger partial charge in [0.15, 0.2) is 0 Å². The molecule has 0 spiro atoms. The Morgan fingerprint density at radius 2 is 1.77 bits per heavy atom. The molecular formula is C21H24N4O. The maximum atomic E-state index is 12.5. The number of para-hydroxylation sites is 4. The van der Waals surface area contributed by atoms with Gasteiger partial charge in [-0.05, 0) is 43.5 Å². The predicted molar refractivity (Wildman–Crippen MR) is 105 cm³/mol. The van der Waals surface area contributed by atoms with Gasteiger partial charge in [-0.2, -0.15) is 0 Å². The Bertz CT molecular complexity index is 896. The quantitative estimate of drug-likeness (QED) is 0.756. The van der Waals surface area contributed by atoms with E-state index >= 15 is 0 Å². The van der Waals surface area contributed by atoms with Crippen molar-refractivity contribution in [1.29, 1.82) is 0 Å². The number of carbonyl (C=O) groups is 1. The highest BCUT2D eigenvalue weighted by Crippen LogP contribution is 2.28. The summed E-state index contributed by atoms with van der Waals surface area (Å²) in [4.78, 5) is 19.3. The fourth-order valence-electron chi connectivity index (χ4n) is 3.61. The lowest BCUT2D eigenvalue weighted by Gasteiger charge is -2.30. The maximum absolute atomic E-state index is 12.5. The van der Waals surface area contributed by atoms with Gasteiger partial charge < -0.3 is 14.8 Å². The summed E-state index contributed by atoms with van der Waals surface area (Å²) >= 11 is 0. The number of piperidine rings is 1. The number of rotatable bonds is 5. The molecule has 1 amide bonds. The summed E-state index contributed by atoms with van der Waals surface area (Å²) in [6, 6.07) is 16.1. The van der Waals surface area contributed by atoms with Gasteiger partial charge in [0, 0.05) is 26.1 Å². The van der Waals surface area contributed by atoms with E-state index in [1.807, 2.05) is 47.0 Å². The second-order valence-electron chi connectivity index (χ2n) is 6.79. The number of carbonyl (C=O) groups excluding carboxylic acids is 1. The average Bonchev–Trinajstić information content (AvgIpc) is 3.11. The first-order valence-electron chi connectivity index (χ1n) is 9.35. The van der Waals surface area contributed by atoms with Crippen LogP contribution in [0.25, 0.3) is 11.0 Å². The van der Waals surface area contributed by atoms with E-state index < -0.39 is 0 Å². The van der Waals surface area contributed by atoms with E-state index in [9.17, 15) is 4.79 Å². The highest BCUT2D eigenvalue weighted by Gasteiger charge is 2.15. The second kappa shape index (κ2) is 7.60. The molecule has 2 aromatic carbocycles. The number of nitrogens with zero attached hydrogens (tertiary/aromatic N) is 3. The van der Waals surface area contributed by atoms with Gasteiger partial charge >= 0.3 is 0 Å². The van der Waals surface area contributed by atoms with Crippen molar-refractivity contribution in [2.45, 2.75) is 32.2 Å². The number of benzene rings is 2. The molecule has 0 atom stereocenters. The molecule has 0 radical (unpaired) electrons. The number of hydrogen-bond acceptors (Lipinski definition) is 3. The first-order chi connectivity index (χ1) is 12.8. The molecule has 1 aliphatic rings. The van der Waals surface area contributed by atoms with Crippen molar-refractivity contribution in [2.75, 3.05) is 23.3 Å². The summed E-state index contributed by atoms with van der Waals surface area (Å²) in [5.41, 5.74) is 4.07. The Morgan fingerprint density at radius 3 is 2.65 bits per heavy atom. The van der Waals surface area contributed by atoms with Crippen LogP contribution >= 0.6 is 0 Å². The van der Waals surface area contributed by atoms with E-state index in [0.717, 1.165) is 35.5 Å². The summed E-state index contributed by atoms with van der Waals surface area (Å²) in [6.07, 6.45) is 5.96. The standard InChI is InChI=1S/C21H24N4O/c26-21(12-15-25-16-22-17-8-2-4-10-19(17)25)23-18-9-3-5-11-20(18)24-13-6-1-7-14-24/h2-5,8-11,16H,1,6-7,12-15H2,(H,23,26). The van der Waals surface area contributed by atoms with Crippen molar-refractivity contribution >= 4 is 28.3 Å². The van der Waals surface area contributed by atoms with Crippen LogP contribution in [0.3, 0.4) is 0 Å². The molecule has 0 saturated carbocycles. The smallest absolute Gasteiger partial charge is 0.226 e. The molecule has 5 nitrogen and oxygen atoms in total. The minimum absolute atomic E-state index is 0.0345. The number of anilines is 2. The number of aryl methyl sites for hydroxylation is 1. The van der Waals surface area contributed by atoms with Crippen LogP contribution in [0.15, 0.2) is 54.9 Å². The second-order valence-corrected chi connectivity index (χ2v) is 6.79. The number of fused-ring (bicyclic) bond motifs is 1.